The highest BCUT2D eigenvalue weighted by Crippen LogP contribution is 2.57. The average molecular weight is 893 g/mol. The highest BCUT2D eigenvalue weighted by atomic mass is 16.3. The van der Waals surface area contributed by atoms with Gasteiger partial charge in [0.2, 0.25) is 0 Å². The van der Waals surface area contributed by atoms with E-state index in [1.807, 2.05) is 0 Å². The monoisotopic (exact) mass is 892 g/mol. The first-order valence-corrected chi connectivity index (χ1v) is 24.1. The van der Waals surface area contributed by atoms with Gasteiger partial charge >= 0.3 is 0 Å². The van der Waals surface area contributed by atoms with E-state index in [4.69, 9.17) is 4.42 Å². The summed E-state index contributed by atoms with van der Waals surface area (Å²) < 4.78 is 9.46. The molecule has 0 saturated heterocycles. The zero-order valence-corrected chi connectivity index (χ0v) is 38.2. The predicted octanol–water partition coefficient (Wildman–Crippen LogP) is 17.8. The third-order valence-corrected chi connectivity index (χ3v) is 14.7. The molecule has 13 aromatic rings. The molecule has 328 valence electrons. The summed E-state index contributed by atoms with van der Waals surface area (Å²) in [6.07, 6.45) is 0. The van der Waals surface area contributed by atoms with Crippen LogP contribution in [0.25, 0.3) is 82.8 Å². The molecule has 0 fully saturated rings. The summed E-state index contributed by atoms with van der Waals surface area (Å²) in [6.45, 7) is 0. The Labute approximate surface area is 406 Å². The van der Waals surface area contributed by atoms with Crippen LogP contribution in [0, 0.1) is 0 Å². The molecule has 3 nitrogen and oxygen atoms in total. The minimum absolute atomic E-state index is 0.502. The van der Waals surface area contributed by atoms with Crippen molar-refractivity contribution in [1.29, 1.82) is 0 Å². The van der Waals surface area contributed by atoms with Crippen molar-refractivity contribution < 1.29 is 4.42 Å². The second-order valence-electron chi connectivity index (χ2n) is 18.4. The van der Waals surface area contributed by atoms with Gasteiger partial charge < -0.3 is 13.9 Å². The summed E-state index contributed by atoms with van der Waals surface area (Å²) in [4.78, 5) is 2.44. The van der Waals surface area contributed by atoms with E-state index < -0.39 is 5.41 Å². The second-order valence-corrected chi connectivity index (χ2v) is 18.4. The summed E-state index contributed by atoms with van der Waals surface area (Å²) in [7, 11) is 0. The lowest BCUT2D eigenvalue weighted by Gasteiger charge is -2.34. The minimum atomic E-state index is -0.502. The number of para-hydroxylation sites is 3. The summed E-state index contributed by atoms with van der Waals surface area (Å²) in [5.41, 5.74) is 19.8. The number of benzene rings is 11. The zero-order chi connectivity index (χ0) is 46.2. The maximum atomic E-state index is 7.08. The molecule has 0 aliphatic heterocycles. The number of fused-ring (bicyclic) bond motifs is 9. The number of rotatable bonds is 8. The highest BCUT2D eigenvalue weighted by Gasteiger charge is 2.46. The first-order valence-electron chi connectivity index (χ1n) is 24.1. The Morgan fingerprint density at radius 1 is 0.357 bits per heavy atom. The van der Waals surface area contributed by atoms with Crippen LogP contribution >= 0.6 is 0 Å². The molecular weight excluding hydrogens is 849 g/mol. The van der Waals surface area contributed by atoms with Crippen LogP contribution in [0.4, 0.5) is 17.1 Å². The van der Waals surface area contributed by atoms with Crippen LogP contribution in [-0.4, -0.2) is 4.57 Å². The molecule has 2 heterocycles. The Morgan fingerprint density at radius 2 is 0.929 bits per heavy atom. The molecule has 0 bridgehead atoms. The van der Waals surface area contributed by atoms with Gasteiger partial charge in [0.25, 0.3) is 0 Å². The number of anilines is 3. The van der Waals surface area contributed by atoms with E-state index in [0.29, 0.717) is 0 Å². The Kier molecular flexibility index (Phi) is 9.11. The Balaban J connectivity index is 1.01. The molecule has 2 aromatic heterocycles. The molecule has 1 aliphatic carbocycles. The van der Waals surface area contributed by atoms with E-state index in [1.165, 1.54) is 60.8 Å². The third-order valence-electron chi connectivity index (χ3n) is 14.7. The van der Waals surface area contributed by atoms with Gasteiger partial charge in [-0.3, -0.25) is 0 Å². The summed E-state index contributed by atoms with van der Waals surface area (Å²) >= 11 is 0. The van der Waals surface area contributed by atoms with Gasteiger partial charge in [0, 0.05) is 38.8 Å². The number of hydrogen-bond acceptors (Lipinski definition) is 2. The molecule has 0 N–H and O–H groups in total. The third kappa shape index (κ3) is 6.01. The molecule has 0 radical (unpaired) electrons. The first kappa shape index (κ1) is 39.9. The van der Waals surface area contributed by atoms with Gasteiger partial charge in [-0.15, -0.1) is 0 Å². The van der Waals surface area contributed by atoms with E-state index in [1.54, 1.807) is 0 Å². The predicted molar refractivity (Wildman–Crippen MR) is 291 cm³/mol. The SMILES string of the molecule is c1ccc(-c2ccc(N(c3ccc4c(c3)-c3ccccc3C4(c3ccccc3)c3ccccc3)c3ccc(-c4ccc5c6ccccc6n(-c6ccccc6)c5c4)c4oc5ccccc5c34)cc2)cc1. The quantitative estimate of drug-likeness (QED) is 0.152. The van der Waals surface area contributed by atoms with Crippen molar-refractivity contribution >= 4 is 60.8 Å². The maximum Gasteiger partial charge on any atom is 0.145 e. The van der Waals surface area contributed by atoms with Crippen LogP contribution in [0.3, 0.4) is 0 Å². The second kappa shape index (κ2) is 16.0. The van der Waals surface area contributed by atoms with Crippen molar-refractivity contribution in [2.45, 2.75) is 5.41 Å². The van der Waals surface area contributed by atoms with Gasteiger partial charge in [0.05, 0.1) is 27.5 Å². The van der Waals surface area contributed by atoms with E-state index >= 15 is 0 Å². The summed E-state index contributed by atoms with van der Waals surface area (Å²) in [5, 5.41) is 4.58. The largest absolute Gasteiger partial charge is 0.455 e. The highest BCUT2D eigenvalue weighted by molar-refractivity contribution is 6.18. The fourth-order valence-corrected chi connectivity index (χ4v) is 11.7. The minimum Gasteiger partial charge on any atom is -0.455 e. The van der Waals surface area contributed by atoms with Crippen LogP contribution in [-0.2, 0) is 5.41 Å². The van der Waals surface area contributed by atoms with E-state index in [9.17, 15) is 0 Å². The van der Waals surface area contributed by atoms with Gasteiger partial charge in [-0.25, -0.2) is 0 Å². The van der Waals surface area contributed by atoms with Crippen LogP contribution in [0.2, 0.25) is 0 Å². The fourth-order valence-electron chi connectivity index (χ4n) is 11.7. The van der Waals surface area contributed by atoms with Crippen molar-refractivity contribution in [1.82, 2.24) is 4.57 Å². The molecule has 14 rings (SSSR count). The fraction of sp³-hybridized carbons (Fsp3) is 0.0149. The molecule has 11 aromatic carbocycles. The van der Waals surface area contributed by atoms with Crippen molar-refractivity contribution in [3.63, 3.8) is 0 Å². The standard InChI is InChI=1S/C67H44N2O/c1-5-19-45(20-6-1)46-33-36-51(37-34-46)68(52-38-41-60-58(44-52)54-27-13-16-30-59(54)67(60,48-21-7-2-8-22-48)49-23-9-3-10-24-49)62-42-40-53(66-65(62)57-29-15-18-32-64(57)70-66)47-35-39-56-55-28-14-17-31-61(55)69(63(56)43-47)50-25-11-4-12-26-50/h1-44H. The molecule has 0 unspecified atom stereocenters. The number of nitrogens with zero attached hydrogens (tertiary/aromatic N) is 2. The average Bonchev–Trinajstić information content (AvgIpc) is 4.09. The lowest BCUT2D eigenvalue weighted by atomic mass is 9.68. The number of aromatic nitrogens is 1. The Bertz CT molecular complexity index is 4060. The first-order chi connectivity index (χ1) is 34.7. The van der Waals surface area contributed by atoms with E-state index in [2.05, 4.69) is 276 Å². The van der Waals surface area contributed by atoms with Gasteiger partial charge in [-0.05, 0) is 117 Å². The molecule has 0 saturated carbocycles. The molecule has 1 aliphatic rings. The van der Waals surface area contributed by atoms with Crippen molar-refractivity contribution in [3.05, 3.63) is 289 Å². The van der Waals surface area contributed by atoms with Crippen LogP contribution < -0.4 is 4.90 Å². The summed E-state index contributed by atoms with van der Waals surface area (Å²) in [5.74, 6) is 0. The van der Waals surface area contributed by atoms with Crippen LogP contribution in [0.1, 0.15) is 22.3 Å². The lowest BCUT2D eigenvalue weighted by molar-refractivity contribution is 0.670. The number of hydrogen-bond donors (Lipinski definition) is 0. The smallest absolute Gasteiger partial charge is 0.145 e. The zero-order valence-electron chi connectivity index (χ0n) is 38.2. The molecule has 0 spiro atoms. The van der Waals surface area contributed by atoms with Gasteiger partial charge in [-0.1, -0.05) is 200 Å². The van der Waals surface area contributed by atoms with Gasteiger partial charge in [0.1, 0.15) is 11.2 Å². The Hall–Kier alpha value is -9.18. The molecule has 0 amide bonds. The van der Waals surface area contributed by atoms with Crippen molar-refractivity contribution in [2.75, 3.05) is 4.90 Å². The van der Waals surface area contributed by atoms with E-state index in [0.717, 1.165) is 61.3 Å². The summed E-state index contributed by atoms with van der Waals surface area (Å²) in [6, 6.07) is 97.1. The maximum absolute atomic E-state index is 7.08. The van der Waals surface area contributed by atoms with E-state index in [-0.39, 0.29) is 0 Å². The van der Waals surface area contributed by atoms with Gasteiger partial charge in [0.15, 0.2) is 0 Å². The molecular formula is C67H44N2O. The van der Waals surface area contributed by atoms with Crippen molar-refractivity contribution in [3.8, 4) is 39.1 Å². The lowest BCUT2D eigenvalue weighted by Crippen LogP contribution is -2.28. The Morgan fingerprint density at radius 3 is 1.69 bits per heavy atom. The number of furan rings is 1. The van der Waals surface area contributed by atoms with Gasteiger partial charge in [-0.2, -0.15) is 0 Å². The van der Waals surface area contributed by atoms with Crippen molar-refractivity contribution in [2.24, 2.45) is 0 Å². The normalized spacial score (nSPS) is 12.7. The molecule has 3 heteroatoms. The molecule has 70 heavy (non-hydrogen) atoms. The van der Waals surface area contributed by atoms with Crippen LogP contribution in [0.5, 0.6) is 0 Å². The van der Waals surface area contributed by atoms with Crippen LogP contribution in [0.15, 0.2) is 271 Å². The molecule has 0 atom stereocenters. The topological polar surface area (TPSA) is 21.3 Å².